The molecule has 0 spiro atoms. The maximum atomic E-state index is 12.5. The number of nitrogens with zero attached hydrogens (tertiary/aromatic N) is 3. The lowest BCUT2D eigenvalue weighted by molar-refractivity contribution is -0.130. The SMILES string of the molecule is O=C(CCCc1nc(C2CC2)no1)N1C[C@]2(CO)CC[C@]2(CO)C1. The number of fused-ring (bicyclic) bond motifs is 1. The number of hydrogen-bond acceptors (Lipinski definition) is 6. The molecular formula is C17H25N3O4. The largest absolute Gasteiger partial charge is 0.396 e. The maximum Gasteiger partial charge on any atom is 0.226 e. The Kier molecular flexibility index (Phi) is 3.88. The van der Waals surface area contributed by atoms with E-state index in [-0.39, 0.29) is 30.0 Å². The summed E-state index contributed by atoms with van der Waals surface area (Å²) in [5.74, 6) is 1.99. The molecule has 3 aliphatic rings. The first kappa shape index (κ1) is 16.0. The second-order valence-corrected chi connectivity index (χ2v) is 7.80. The fraction of sp³-hybridized carbons (Fsp3) is 0.824. The van der Waals surface area contributed by atoms with Crippen molar-refractivity contribution in [3.05, 3.63) is 11.7 Å². The number of carbonyl (C=O) groups excluding carboxylic acids is 1. The van der Waals surface area contributed by atoms with Crippen molar-refractivity contribution in [2.45, 2.75) is 50.9 Å². The minimum absolute atomic E-state index is 0.0449. The van der Waals surface area contributed by atoms with Crippen molar-refractivity contribution >= 4 is 5.91 Å². The third-order valence-corrected chi connectivity index (χ3v) is 6.36. The van der Waals surface area contributed by atoms with Crippen LogP contribution in [0.2, 0.25) is 0 Å². The van der Waals surface area contributed by atoms with E-state index in [1.807, 2.05) is 4.90 Å². The van der Waals surface area contributed by atoms with Gasteiger partial charge in [0.25, 0.3) is 0 Å². The number of aliphatic hydroxyl groups excluding tert-OH is 2. The molecule has 1 saturated heterocycles. The van der Waals surface area contributed by atoms with E-state index in [9.17, 15) is 15.0 Å². The highest BCUT2D eigenvalue weighted by molar-refractivity contribution is 5.77. The Balaban J connectivity index is 1.29. The van der Waals surface area contributed by atoms with Gasteiger partial charge in [-0.3, -0.25) is 4.79 Å². The fourth-order valence-corrected chi connectivity index (χ4v) is 4.31. The molecule has 2 aliphatic carbocycles. The second kappa shape index (κ2) is 5.81. The van der Waals surface area contributed by atoms with E-state index in [2.05, 4.69) is 10.1 Å². The van der Waals surface area contributed by atoms with Crippen molar-refractivity contribution in [2.24, 2.45) is 10.8 Å². The van der Waals surface area contributed by atoms with Crippen molar-refractivity contribution in [2.75, 3.05) is 26.3 Å². The first-order valence-corrected chi connectivity index (χ1v) is 8.93. The molecular weight excluding hydrogens is 310 g/mol. The van der Waals surface area contributed by atoms with E-state index in [0.717, 1.165) is 31.5 Å². The van der Waals surface area contributed by atoms with Gasteiger partial charge < -0.3 is 19.6 Å². The van der Waals surface area contributed by atoms with Crippen LogP contribution in [0.3, 0.4) is 0 Å². The van der Waals surface area contributed by atoms with Crippen molar-refractivity contribution in [3.8, 4) is 0 Å². The highest BCUT2D eigenvalue weighted by Crippen LogP contribution is 2.60. The van der Waals surface area contributed by atoms with Crippen LogP contribution in [0.5, 0.6) is 0 Å². The Morgan fingerprint density at radius 1 is 1.21 bits per heavy atom. The topological polar surface area (TPSA) is 99.7 Å². The van der Waals surface area contributed by atoms with Crippen molar-refractivity contribution in [1.29, 1.82) is 0 Å². The van der Waals surface area contributed by atoms with Crippen molar-refractivity contribution in [1.82, 2.24) is 15.0 Å². The third kappa shape index (κ3) is 2.45. The molecule has 2 saturated carbocycles. The van der Waals surface area contributed by atoms with E-state index in [0.29, 0.717) is 44.2 Å². The Morgan fingerprint density at radius 3 is 2.42 bits per heavy atom. The molecule has 2 heterocycles. The quantitative estimate of drug-likeness (QED) is 0.767. The van der Waals surface area contributed by atoms with Gasteiger partial charge in [-0.25, -0.2) is 0 Å². The van der Waals surface area contributed by atoms with Crippen molar-refractivity contribution < 1.29 is 19.5 Å². The van der Waals surface area contributed by atoms with Crippen LogP contribution in [0.15, 0.2) is 4.52 Å². The molecule has 132 valence electrons. The van der Waals surface area contributed by atoms with Gasteiger partial charge in [0, 0.05) is 42.7 Å². The first-order valence-electron chi connectivity index (χ1n) is 8.93. The Bertz CT molecular complexity index is 601. The average Bonchev–Trinajstić information content (AvgIpc) is 3.28. The van der Waals surface area contributed by atoms with Crippen LogP contribution in [0.4, 0.5) is 0 Å². The monoisotopic (exact) mass is 335 g/mol. The number of aryl methyl sites for hydroxylation is 1. The van der Waals surface area contributed by atoms with Gasteiger partial charge in [0.05, 0.1) is 13.2 Å². The lowest BCUT2D eigenvalue weighted by atomic mass is 9.52. The summed E-state index contributed by atoms with van der Waals surface area (Å²) in [6.07, 6.45) is 5.80. The molecule has 0 unspecified atom stereocenters. The molecule has 2 atom stereocenters. The predicted octanol–water partition coefficient (Wildman–Crippen LogP) is 0.863. The van der Waals surface area contributed by atoms with Crippen LogP contribution < -0.4 is 0 Å². The molecule has 24 heavy (non-hydrogen) atoms. The minimum Gasteiger partial charge on any atom is -0.396 e. The standard InChI is InChI=1S/C17H25N3O4/c21-10-16-6-7-17(16,11-22)9-20(8-16)14(23)3-1-2-13-18-15(19-24-13)12-4-5-12/h12,21-22H,1-11H2/t16-,17+. The van der Waals surface area contributed by atoms with E-state index >= 15 is 0 Å². The number of amides is 1. The summed E-state index contributed by atoms with van der Waals surface area (Å²) in [5, 5.41) is 23.5. The van der Waals surface area contributed by atoms with Gasteiger partial charge in [-0.05, 0) is 32.1 Å². The summed E-state index contributed by atoms with van der Waals surface area (Å²) < 4.78 is 5.23. The van der Waals surface area contributed by atoms with E-state index in [1.165, 1.54) is 0 Å². The molecule has 4 rings (SSSR count). The lowest BCUT2D eigenvalue weighted by Gasteiger charge is -2.52. The molecule has 0 radical (unpaired) electrons. The number of carbonyl (C=O) groups is 1. The Morgan fingerprint density at radius 2 is 1.88 bits per heavy atom. The average molecular weight is 335 g/mol. The fourth-order valence-electron chi connectivity index (χ4n) is 4.31. The molecule has 1 aromatic rings. The highest BCUT2D eigenvalue weighted by Gasteiger charge is 2.64. The van der Waals surface area contributed by atoms with Crippen LogP contribution in [0.25, 0.3) is 0 Å². The maximum absolute atomic E-state index is 12.5. The van der Waals surface area contributed by atoms with Gasteiger partial charge in [-0.15, -0.1) is 0 Å². The first-order chi connectivity index (χ1) is 11.6. The summed E-state index contributed by atoms with van der Waals surface area (Å²) in [6, 6.07) is 0. The summed E-state index contributed by atoms with van der Waals surface area (Å²) in [5.41, 5.74) is -0.577. The van der Waals surface area contributed by atoms with Crippen LogP contribution >= 0.6 is 0 Å². The molecule has 3 fully saturated rings. The van der Waals surface area contributed by atoms with Gasteiger partial charge in [0.15, 0.2) is 5.82 Å². The zero-order valence-corrected chi connectivity index (χ0v) is 13.9. The molecule has 0 bridgehead atoms. The molecule has 0 aromatic carbocycles. The lowest BCUT2D eigenvalue weighted by Crippen LogP contribution is -2.54. The van der Waals surface area contributed by atoms with Crippen molar-refractivity contribution in [3.63, 3.8) is 0 Å². The third-order valence-electron chi connectivity index (χ3n) is 6.36. The molecule has 7 nitrogen and oxygen atoms in total. The van der Waals surface area contributed by atoms with Crippen LogP contribution in [-0.2, 0) is 11.2 Å². The molecule has 1 aromatic heterocycles. The van der Waals surface area contributed by atoms with Crippen LogP contribution in [0, 0.1) is 10.8 Å². The molecule has 2 N–H and O–H groups in total. The second-order valence-electron chi connectivity index (χ2n) is 7.80. The smallest absolute Gasteiger partial charge is 0.226 e. The number of hydrogen-bond donors (Lipinski definition) is 2. The molecule has 1 amide bonds. The molecule has 1 aliphatic heterocycles. The summed E-state index contributed by atoms with van der Waals surface area (Å²) >= 11 is 0. The summed E-state index contributed by atoms with van der Waals surface area (Å²) in [4.78, 5) is 18.7. The summed E-state index contributed by atoms with van der Waals surface area (Å²) in [7, 11) is 0. The van der Waals surface area contributed by atoms with Gasteiger partial charge in [0.2, 0.25) is 11.8 Å². The van der Waals surface area contributed by atoms with Gasteiger partial charge in [-0.2, -0.15) is 4.98 Å². The van der Waals surface area contributed by atoms with E-state index in [4.69, 9.17) is 4.52 Å². The Hall–Kier alpha value is -1.47. The number of likely N-dealkylation sites (tertiary alicyclic amines) is 1. The Labute approximate surface area is 141 Å². The van der Waals surface area contributed by atoms with Gasteiger partial charge in [0.1, 0.15) is 0 Å². The number of rotatable bonds is 7. The minimum atomic E-state index is -0.289. The van der Waals surface area contributed by atoms with Gasteiger partial charge >= 0.3 is 0 Å². The number of aromatic nitrogens is 2. The van der Waals surface area contributed by atoms with Crippen LogP contribution in [-0.4, -0.2) is 57.5 Å². The predicted molar refractivity (Wildman–Crippen MR) is 84.1 cm³/mol. The zero-order valence-electron chi connectivity index (χ0n) is 13.9. The van der Waals surface area contributed by atoms with E-state index in [1.54, 1.807) is 0 Å². The zero-order chi connectivity index (χ0) is 16.8. The normalized spacial score (nSPS) is 31.8. The van der Waals surface area contributed by atoms with Crippen LogP contribution in [0.1, 0.15) is 56.2 Å². The number of aliphatic hydroxyl groups is 2. The molecule has 7 heteroatoms. The highest BCUT2D eigenvalue weighted by atomic mass is 16.5. The van der Waals surface area contributed by atoms with Gasteiger partial charge in [-0.1, -0.05) is 5.16 Å². The summed E-state index contributed by atoms with van der Waals surface area (Å²) in [6.45, 7) is 1.22. The van der Waals surface area contributed by atoms with E-state index < -0.39 is 0 Å².